The van der Waals surface area contributed by atoms with E-state index in [1.165, 1.54) is 6.07 Å². The third-order valence-corrected chi connectivity index (χ3v) is 5.13. The van der Waals surface area contributed by atoms with Gasteiger partial charge in [-0.3, -0.25) is 4.99 Å². The van der Waals surface area contributed by atoms with E-state index in [-0.39, 0.29) is 11.2 Å². The van der Waals surface area contributed by atoms with Crippen LogP contribution in [-0.4, -0.2) is 24.5 Å². The number of aromatic nitrogens is 1. The van der Waals surface area contributed by atoms with Crippen LogP contribution in [0.15, 0.2) is 70.3 Å². The lowest BCUT2D eigenvalue weighted by Crippen LogP contribution is -2.41. The van der Waals surface area contributed by atoms with E-state index in [2.05, 4.69) is 20.6 Å². The van der Waals surface area contributed by atoms with Gasteiger partial charge in [-0.15, -0.1) is 0 Å². The second-order valence-corrected chi connectivity index (χ2v) is 7.05. The van der Waals surface area contributed by atoms with Crippen LogP contribution in [0, 0.1) is 5.82 Å². The summed E-state index contributed by atoms with van der Waals surface area (Å²) in [5.74, 6) is 1.12. The van der Waals surface area contributed by atoms with Crippen LogP contribution >= 0.6 is 0 Å². The van der Waals surface area contributed by atoms with Crippen molar-refractivity contribution in [2.24, 2.45) is 4.99 Å². The van der Waals surface area contributed by atoms with Crippen LogP contribution in [0.25, 0.3) is 11.5 Å². The van der Waals surface area contributed by atoms with Gasteiger partial charge < -0.3 is 15.1 Å². The Morgan fingerprint density at radius 3 is 2.57 bits per heavy atom. The number of hydrogen-bond donors (Lipinski definition) is 2. The summed E-state index contributed by atoms with van der Waals surface area (Å²) in [5.41, 5.74) is 2.37. The average Bonchev–Trinajstić information content (AvgIpc) is 3.37. The van der Waals surface area contributed by atoms with Gasteiger partial charge in [-0.2, -0.15) is 0 Å². The highest BCUT2D eigenvalue weighted by atomic mass is 19.1. The molecule has 1 aromatic heterocycles. The molecule has 2 N–H and O–H groups in total. The molecule has 144 valence electrons. The fraction of sp³-hybridized carbons (Fsp3) is 0.273. The van der Waals surface area contributed by atoms with Crippen molar-refractivity contribution in [2.75, 3.05) is 13.6 Å². The lowest BCUT2D eigenvalue weighted by Gasteiger charge is -2.19. The number of aliphatic imine (C=N–C) groups is 1. The molecule has 1 aliphatic rings. The second kappa shape index (κ2) is 7.84. The molecule has 0 saturated heterocycles. The maximum absolute atomic E-state index is 14.2. The van der Waals surface area contributed by atoms with Crippen molar-refractivity contribution in [1.82, 2.24) is 15.6 Å². The number of rotatable bonds is 6. The highest BCUT2D eigenvalue weighted by Gasteiger charge is 2.45. The maximum Gasteiger partial charge on any atom is 0.226 e. The number of benzene rings is 2. The third-order valence-electron chi connectivity index (χ3n) is 5.13. The maximum atomic E-state index is 14.2. The van der Waals surface area contributed by atoms with Gasteiger partial charge in [-0.25, -0.2) is 9.37 Å². The molecule has 0 spiro atoms. The molecule has 0 unspecified atom stereocenters. The van der Waals surface area contributed by atoms with E-state index in [1.807, 2.05) is 42.5 Å². The van der Waals surface area contributed by atoms with Gasteiger partial charge in [0, 0.05) is 24.6 Å². The van der Waals surface area contributed by atoms with E-state index in [1.54, 1.807) is 19.4 Å². The zero-order chi connectivity index (χ0) is 19.4. The molecule has 0 atom stereocenters. The smallest absolute Gasteiger partial charge is 0.226 e. The molecule has 0 amide bonds. The van der Waals surface area contributed by atoms with E-state index >= 15 is 0 Å². The first-order chi connectivity index (χ1) is 13.7. The quantitative estimate of drug-likeness (QED) is 0.505. The predicted molar refractivity (Wildman–Crippen MR) is 107 cm³/mol. The van der Waals surface area contributed by atoms with Crippen molar-refractivity contribution >= 4 is 5.96 Å². The zero-order valence-corrected chi connectivity index (χ0v) is 15.8. The Bertz CT molecular complexity index is 963. The number of nitrogens with one attached hydrogen (secondary N) is 2. The van der Waals surface area contributed by atoms with E-state index in [0.717, 1.165) is 29.7 Å². The van der Waals surface area contributed by atoms with Crippen LogP contribution in [0.4, 0.5) is 4.39 Å². The summed E-state index contributed by atoms with van der Waals surface area (Å²) in [7, 11) is 1.72. The molecule has 1 saturated carbocycles. The highest BCUT2D eigenvalue weighted by Crippen LogP contribution is 2.48. The van der Waals surface area contributed by atoms with Crippen molar-refractivity contribution in [3.63, 3.8) is 0 Å². The van der Waals surface area contributed by atoms with Gasteiger partial charge in [0.05, 0.1) is 12.2 Å². The summed E-state index contributed by atoms with van der Waals surface area (Å²) in [6.07, 6.45) is 3.59. The minimum absolute atomic E-state index is 0.138. The van der Waals surface area contributed by atoms with Crippen LogP contribution in [-0.2, 0) is 12.0 Å². The Morgan fingerprint density at radius 2 is 1.86 bits per heavy atom. The van der Waals surface area contributed by atoms with Crippen LogP contribution in [0.2, 0.25) is 0 Å². The topological polar surface area (TPSA) is 62.5 Å². The van der Waals surface area contributed by atoms with Crippen molar-refractivity contribution in [3.05, 3.63) is 77.9 Å². The fourth-order valence-electron chi connectivity index (χ4n) is 3.33. The van der Waals surface area contributed by atoms with Crippen molar-refractivity contribution < 1.29 is 8.81 Å². The summed E-state index contributed by atoms with van der Waals surface area (Å²) in [6, 6.07) is 16.8. The molecule has 1 aliphatic carbocycles. The fourth-order valence-corrected chi connectivity index (χ4v) is 3.33. The molecule has 0 radical (unpaired) electrons. The van der Waals surface area contributed by atoms with Gasteiger partial charge in [0.15, 0.2) is 5.96 Å². The third kappa shape index (κ3) is 3.91. The lowest BCUT2D eigenvalue weighted by atomic mass is 9.95. The molecule has 28 heavy (non-hydrogen) atoms. The standard InChI is InChI=1S/C22H23FN4O/c1-24-21(26-15-22(11-12-22)18-9-5-6-10-19(18)23)25-13-17-14-28-20(27-17)16-7-3-2-4-8-16/h2-10,14H,11-13,15H2,1H3,(H2,24,25,26). The van der Waals surface area contributed by atoms with E-state index in [9.17, 15) is 4.39 Å². The molecule has 2 aromatic carbocycles. The molecule has 1 fully saturated rings. The van der Waals surface area contributed by atoms with Gasteiger partial charge in [-0.05, 0) is 36.6 Å². The van der Waals surface area contributed by atoms with E-state index in [4.69, 9.17) is 4.42 Å². The minimum Gasteiger partial charge on any atom is -0.444 e. The summed E-state index contributed by atoms with van der Waals surface area (Å²) in [6.45, 7) is 1.13. The molecular weight excluding hydrogens is 355 g/mol. The Morgan fingerprint density at radius 1 is 1.11 bits per heavy atom. The second-order valence-electron chi connectivity index (χ2n) is 7.05. The molecule has 5 nitrogen and oxygen atoms in total. The van der Waals surface area contributed by atoms with Crippen molar-refractivity contribution in [1.29, 1.82) is 0 Å². The number of halogens is 1. The van der Waals surface area contributed by atoms with Crippen LogP contribution in [0.5, 0.6) is 0 Å². The Hall–Kier alpha value is -3.15. The molecule has 0 aliphatic heterocycles. The molecule has 0 bridgehead atoms. The minimum atomic E-state index is -0.142. The summed E-state index contributed by atoms with van der Waals surface area (Å²) in [5, 5.41) is 6.56. The first kappa shape index (κ1) is 18.2. The van der Waals surface area contributed by atoms with Gasteiger partial charge in [0.2, 0.25) is 5.89 Å². The molecule has 6 heteroatoms. The summed E-state index contributed by atoms with van der Waals surface area (Å²) in [4.78, 5) is 8.76. The molecule has 3 aromatic rings. The SMILES string of the molecule is CN=C(NCc1coc(-c2ccccc2)n1)NCC1(c2ccccc2F)CC1. The normalized spacial score (nSPS) is 15.3. The number of nitrogens with zero attached hydrogens (tertiary/aromatic N) is 2. The van der Waals surface area contributed by atoms with Gasteiger partial charge >= 0.3 is 0 Å². The number of guanidine groups is 1. The monoisotopic (exact) mass is 378 g/mol. The summed E-state index contributed by atoms with van der Waals surface area (Å²) < 4.78 is 19.7. The Kier molecular flexibility index (Phi) is 5.10. The van der Waals surface area contributed by atoms with Crippen molar-refractivity contribution in [2.45, 2.75) is 24.8 Å². The lowest BCUT2D eigenvalue weighted by molar-refractivity contribution is 0.559. The van der Waals surface area contributed by atoms with Gasteiger partial charge in [-0.1, -0.05) is 36.4 Å². The average molecular weight is 378 g/mol. The largest absolute Gasteiger partial charge is 0.444 e. The Labute approximate surface area is 163 Å². The molecule has 4 rings (SSSR count). The Balaban J connectivity index is 1.34. The highest BCUT2D eigenvalue weighted by molar-refractivity contribution is 5.79. The summed E-state index contributed by atoms with van der Waals surface area (Å²) >= 11 is 0. The van der Waals surface area contributed by atoms with E-state index < -0.39 is 0 Å². The number of hydrogen-bond acceptors (Lipinski definition) is 3. The van der Waals surface area contributed by atoms with Gasteiger partial charge in [0.25, 0.3) is 0 Å². The predicted octanol–water partition coefficient (Wildman–Crippen LogP) is 3.88. The van der Waals surface area contributed by atoms with Gasteiger partial charge in [0.1, 0.15) is 12.1 Å². The first-order valence-electron chi connectivity index (χ1n) is 9.39. The number of oxazole rings is 1. The molecule has 1 heterocycles. The van der Waals surface area contributed by atoms with Crippen molar-refractivity contribution in [3.8, 4) is 11.5 Å². The molecular formula is C22H23FN4O. The zero-order valence-electron chi connectivity index (χ0n) is 15.8. The van der Waals surface area contributed by atoms with Crippen LogP contribution < -0.4 is 10.6 Å². The van der Waals surface area contributed by atoms with Crippen LogP contribution in [0.3, 0.4) is 0 Å². The van der Waals surface area contributed by atoms with Crippen LogP contribution in [0.1, 0.15) is 24.1 Å². The first-order valence-corrected chi connectivity index (χ1v) is 9.39. The van der Waals surface area contributed by atoms with E-state index in [0.29, 0.717) is 24.9 Å².